The van der Waals surface area contributed by atoms with E-state index in [1.165, 1.54) is 0 Å². The largest absolute Gasteiger partial charge is 0.450 e. The predicted molar refractivity (Wildman–Crippen MR) is 81.6 cm³/mol. The molecule has 0 bridgehead atoms. The molecular formula is C17H17N3O3. The lowest BCUT2D eigenvalue weighted by atomic mass is 9.84. The summed E-state index contributed by atoms with van der Waals surface area (Å²) < 4.78 is 7.32. The van der Waals surface area contributed by atoms with Gasteiger partial charge < -0.3 is 9.64 Å². The maximum Gasteiger partial charge on any atom is 0.339 e. The Kier molecular flexibility index (Phi) is 3.18. The molecule has 3 heterocycles. The van der Waals surface area contributed by atoms with Crippen LogP contribution in [-0.2, 0) is 21.7 Å². The van der Waals surface area contributed by atoms with Crippen molar-refractivity contribution in [3.63, 3.8) is 0 Å². The standard InChI is InChI=1S/C17H17N3O3/c21-15(12-20-9-3-8-18-20)19-10-6-17(7-11-19)14-5-2-1-4-13(14)16(22)23-17/h1-5,8-9H,6-7,10-12H2. The van der Waals surface area contributed by atoms with Gasteiger partial charge in [-0.15, -0.1) is 0 Å². The van der Waals surface area contributed by atoms with Crippen LogP contribution in [0.1, 0.15) is 28.8 Å². The van der Waals surface area contributed by atoms with E-state index in [1.807, 2.05) is 29.2 Å². The lowest BCUT2D eigenvalue weighted by Crippen LogP contribution is -2.46. The van der Waals surface area contributed by atoms with E-state index in [2.05, 4.69) is 5.10 Å². The first-order chi connectivity index (χ1) is 11.2. The van der Waals surface area contributed by atoms with E-state index in [0.29, 0.717) is 31.5 Å². The van der Waals surface area contributed by atoms with E-state index in [-0.39, 0.29) is 18.4 Å². The lowest BCUT2D eigenvalue weighted by Gasteiger charge is -2.38. The molecule has 0 N–H and O–H groups in total. The molecule has 0 atom stereocenters. The summed E-state index contributed by atoms with van der Waals surface area (Å²) in [6, 6.07) is 9.34. The number of fused-ring (bicyclic) bond motifs is 2. The van der Waals surface area contributed by atoms with Gasteiger partial charge in [-0.2, -0.15) is 5.10 Å². The third-order valence-corrected chi connectivity index (χ3v) is 4.71. The average Bonchev–Trinajstić information content (AvgIpc) is 3.16. The van der Waals surface area contributed by atoms with Gasteiger partial charge in [0.05, 0.1) is 5.56 Å². The van der Waals surface area contributed by atoms with E-state index in [1.54, 1.807) is 23.1 Å². The molecule has 2 aliphatic rings. The van der Waals surface area contributed by atoms with Crippen molar-refractivity contribution in [2.75, 3.05) is 13.1 Å². The van der Waals surface area contributed by atoms with Gasteiger partial charge in [-0.05, 0) is 12.1 Å². The smallest absolute Gasteiger partial charge is 0.339 e. The Labute approximate surface area is 133 Å². The van der Waals surface area contributed by atoms with Crippen LogP contribution in [0.25, 0.3) is 0 Å². The summed E-state index contributed by atoms with van der Waals surface area (Å²) in [4.78, 5) is 26.2. The molecule has 23 heavy (non-hydrogen) atoms. The number of aromatic nitrogens is 2. The van der Waals surface area contributed by atoms with Crippen LogP contribution in [0, 0.1) is 0 Å². The second-order valence-electron chi connectivity index (χ2n) is 6.01. The molecule has 1 aromatic carbocycles. The van der Waals surface area contributed by atoms with Gasteiger partial charge in [-0.1, -0.05) is 18.2 Å². The Morgan fingerprint density at radius 1 is 1.22 bits per heavy atom. The molecule has 6 heteroatoms. The molecule has 0 saturated carbocycles. The SMILES string of the molecule is O=C1OC2(CCN(C(=O)Cn3cccn3)CC2)c2ccccc21. The highest BCUT2D eigenvalue weighted by Gasteiger charge is 2.47. The highest BCUT2D eigenvalue weighted by atomic mass is 16.6. The number of hydrogen-bond donors (Lipinski definition) is 0. The number of esters is 1. The van der Waals surface area contributed by atoms with E-state index in [9.17, 15) is 9.59 Å². The molecule has 6 nitrogen and oxygen atoms in total. The Morgan fingerprint density at radius 3 is 2.74 bits per heavy atom. The van der Waals surface area contributed by atoms with Crippen LogP contribution in [0.5, 0.6) is 0 Å². The lowest BCUT2D eigenvalue weighted by molar-refractivity contribution is -0.136. The number of piperidine rings is 1. The highest BCUT2D eigenvalue weighted by molar-refractivity contribution is 5.94. The van der Waals surface area contributed by atoms with Crippen molar-refractivity contribution < 1.29 is 14.3 Å². The molecule has 1 spiro atoms. The number of rotatable bonds is 2. The Balaban J connectivity index is 1.47. The van der Waals surface area contributed by atoms with Gasteiger partial charge in [0.1, 0.15) is 12.1 Å². The minimum Gasteiger partial charge on any atom is -0.450 e. The summed E-state index contributed by atoms with van der Waals surface area (Å²) in [6.07, 6.45) is 4.72. The molecule has 2 aromatic rings. The summed E-state index contributed by atoms with van der Waals surface area (Å²) in [5.41, 5.74) is 1.06. The second-order valence-corrected chi connectivity index (χ2v) is 6.01. The molecule has 0 radical (unpaired) electrons. The number of benzene rings is 1. The van der Waals surface area contributed by atoms with Gasteiger partial charge in [-0.25, -0.2) is 4.79 Å². The Hall–Kier alpha value is -2.63. The van der Waals surface area contributed by atoms with Crippen LogP contribution in [0.3, 0.4) is 0 Å². The topological polar surface area (TPSA) is 64.4 Å². The normalized spacial score (nSPS) is 18.8. The summed E-state index contributed by atoms with van der Waals surface area (Å²) >= 11 is 0. The fourth-order valence-corrected chi connectivity index (χ4v) is 3.47. The first-order valence-corrected chi connectivity index (χ1v) is 7.76. The van der Waals surface area contributed by atoms with E-state index < -0.39 is 5.60 Å². The Morgan fingerprint density at radius 2 is 2.00 bits per heavy atom. The minimum absolute atomic E-state index is 0.0427. The van der Waals surface area contributed by atoms with Crippen LogP contribution >= 0.6 is 0 Å². The number of carbonyl (C=O) groups is 2. The van der Waals surface area contributed by atoms with Gasteiger partial charge in [0.25, 0.3) is 0 Å². The van der Waals surface area contributed by atoms with E-state index >= 15 is 0 Å². The third kappa shape index (κ3) is 2.30. The maximum absolute atomic E-state index is 12.3. The number of likely N-dealkylation sites (tertiary alicyclic amines) is 1. The van der Waals surface area contributed by atoms with Crippen molar-refractivity contribution in [1.82, 2.24) is 14.7 Å². The average molecular weight is 311 g/mol. The van der Waals surface area contributed by atoms with Crippen molar-refractivity contribution in [3.05, 3.63) is 53.9 Å². The monoisotopic (exact) mass is 311 g/mol. The number of hydrogen-bond acceptors (Lipinski definition) is 4. The first-order valence-electron chi connectivity index (χ1n) is 7.76. The molecule has 4 rings (SSSR count). The van der Waals surface area contributed by atoms with Crippen molar-refractivity contribution in [1.29, 1.82) is 0 Å². The zero-order valence-electron chi connectivity index (χ0n) is 12.6. The molecule has 0 aliphatic carbocycles. The molecule has 1 amide bonds. The molecular weight excluding hydrogens is 294 g/mol. The highest BCUT2D eigenvalue weighted by Crippen LogP contribution is 2.43. The summed E-state index contributed by atoms with van der Waals surface area (Å²) in [6.45, 7) is 1.42. The quantitative estimate of drug-likeness (QED) is 0.790. The first kappa shape index (κ1) is 14.0. The molecule has 1 aromatic heterocycles. The van der Waals surface area contributed by atoms with Crippen LogP contribution in [0.15, 0.2) is 42.7 Å². The molecule has 2 aliphatic heterocycles. The third-order valence-electron chi connectivity index (χ3n) is 4.71. The van der Waals surface area contributed by atoms with Crippen molar-refractivity contribution in [2.24, 2.45) is 0 Å². The Bertz CT molecular complexity index is 746. The fraction of sp³-hybridized carbons (Fsp3) is 0.353. The fourth-order valence-electron chi connectivity index (χ4n) is 3.47. The minimum atomic E-state index is -0.559. The van der Waals surface area contributed by atoms with Crippen LogP contribution in [0.2, 0.25) is 0 Å². The summed E-state index contributed by atoms with van der Waals surface area (Å²) in [5, 5.41) is 4.06. The molecule has 118 valence electrons. The number of amides is 1. The van der Waals surface area contributed by atoms with Crippen LogP contribution < -0.4 is 0 Å². The van der Waals surface area contributed by atoms with Gasteiger partial charge in [0.15, 0.2) is 0 Å². The predicted octanol–water partition coefficient (Wildman–Crippen LogP) is 1.57. The molecule has 0 unspecified atom stereocenters. The van der Waals surface area contributed by atoms with Crippen molar-refractivity contribution >= 4 is 11.9 Å². The molecule has 1 saturated heterocycles. The van der Waals surface area contributed by atoms with Crippen LogP contribution in [-0.4, -0.2) is 39.6 Å². The molecule has 1 fully saturated rings. The van der Waals surface area contributed by atoms with Crippen LogP contribution in [0.4, 0.5) is 0 Å². The number of ether oxygens (including phenoxy) is 1. The van der Waals surface area contributed by atoms with E-state index in [0.717, 1.165) is 5.56 Å². The van der Waals surface area contributed by atoms with Gasteiger partial charge in [0.2, 0.25) is 5.91 Å². The van der Waals surface area contributed by atoms with Gasteiger partial charge in [-0.3, -0.25) is 9.48 Å². The summed E-state index contributed by atoms with van der Waals surface area (Å²) in [7, 11) is 0. The second kappa shape index (κ2) is 5.22. The van der Waals surface area contributed by atoms with Gasteiger partial charge >= 0.3 is 5.97 Å². The zero-order valence-corrected chi connectivity index (χ0v) is 12.6. The zero-order chi connectivity index (χ0) is 15.9. The summed E-state index contributed by atoms with van der Waals surface area (Å²) in [5.74, 6) is -0.210. The van der Waals surface area contributed by atoms with Crippen molar-refractivity contribution in [3.8, 4) is 0 Å². The number of nitrogens with zero attached hydrogens (tertiary/aromatic N) is 3. The van der Waals surface area contributed by atoms with Gasteiger partial charge in [0, 0.05) is 43.9 Å². The number of carbonyl (C=O) groups excluding carboxylic acids is 2. The van der Waals surface area contributed by atoms with E-state index in [4.69, 9.17) is 4.74 Å². The van der Waals surface area contributed by atoms with Crippen molar-refractivity contribution in [2.45, 2.75) is 25.0 Å². The maximum atomic E-state index is 12.3.